The first kappa shape index (κ1) is 25.4. The summed E-state index contributed by atoms with van der Waals surface area (Å²) in [6.45, 7) is 9.23. The van der Waals surface area contributed by atoms with Crippen molar-refractivity contribution in [3.63, 3.8) is 0 Å². The molecule has 2 aromatic heterocycles. The van der Waals surface area contributed by atoms with E-state index in [9.17, 15) is 9.59 Å². The van der Waals surface area contributed by atoms with Crippen molar-refractivity contribution in [1.82, 2.24) is 20.3 Å². The molecular weight excluding hydrogens is 490 g/mol. The van der Waals surface area contributed by atoms with Crippen molar-refractivity contribution in [2.75, 3.05) is 24.6 Å². The minimum absolute atomic E-state index is 0.0186. The Morgan fingerprint density at radius 1 is 1.31 bits per heavy atom. The number of anilines is 1. The van der Waals surface area contributed by atoms with Gasteiger partial charge in [0, 0.05) is 13.1 Å². The SMILES string of the molecule is CCOC(=O)c1cccc2nc(N3CC[C@H](NC(=O)c4nc(Cl)c(CC)[nH]4)[C@H](OC(C)C)C3)sc12. The Bertz CT molecular complexity index is 1210. The second-order valence-corrected chi connectivity index (χ2v) is 9.95. The van der Waals surface area contributed by atoms with E-state index in [1.54, 1.807) is 13.0 Å². The number of aromatic nitrogens is 3. The molecule has 0 unspecified atom stereocenters. The van der Waals surface area contributed by atoms with Gasteiger partial charge in [0.15, 0.2) is 16.1 Å². The number of esters is 1. The monoisotopic (exact) mass is 519 g/mol. The van der Waals surface area contributed by atoms with Crippen LogP contribution in [-0.2, 0) is 15.9 Å². The zero-order chi connectivity index (χ0) is 25.1. The highest BCUT2D eigenvalue weighted by molar-refractivity contribution is 7.22. The predicted molar refractivity (Wildman–Crippen MR) is 137 cm³/mol. The van der Waals surface area contributed by atoms with E-state index in [0.29, 0.717) is 43.3 Å². The number of hydrogen-bond donors (Lipinski definition) is 2. The van der Waals surface area contributed by atoms with Gasteiger partial charge in [0.25, 0.3) is 5.91 Å². The van der Waals surface area contributed by atoms with Crippen molar-refractivity contribution in [3.05, 3.63) is 40.4 Å². The van der Waals surface area contributed by atoms with Crippen molar-refractivity contribution in [2.45, 2.75) is 58.8 Å². The number of amides is 1. The highest BCUT2D eigenvalue weighted by Gasteiger charge is 2.34. The van der Waals surface area contributed by atoms with E-state index in [4.69, 9.17) is 26.1 Å². The van der Waals surface area contributed by atoms with Crippen LogP contribution in [-0.4, -0.2) is 64.8 Å². The number of nitrogens with zero attached hydrogens (tertiary/aromatic N) is 3. The summed E-state index contributed by atoms with van der Waals surface area (Å²) in [5, 5.41) is 4.20. The summed E-state index contributed by atoms with van der Waals surface area (Å²) in [5.74, 6) is -0.447. The first-order valence-corrected chi connectivity index (χ1v) is 13.0. The van der Waals surface area contributed by atoms with Crippen LogP contribution in [0, 0.1) is 0 Å². The molecule has 4 rings (SSSR count). The summed E-state index contributed by atoms with van der Waals surface area (Å²) in [7, 11) is 0. The number of aromatic amines is 1. The van der Waals surface area contributed by atoms with Crippen LogP contribution in [0.2, 0.25) is 5.15 Å². The number of nitrogens with one attached hydrogen (secondary N) is 2. The van der Waals surface area contributed by atoms with Gasteiger partial charge in [0.05, 0.1) is 46.3 Å². The number of benzene rings is 1. The van der Waals surface area contributed by atoms with Crippen LogP contribution in [0.4, 0.5) is 5.13 Å². The van der Waals surface area contributed by atoms with Gasteiger partial charge in [-0.3, -0.25) is 4.79 Å². The Labute approximate surface area is 213 Å². The van der Waals surface area contributed by atoms with Gasteiger partial charge in [0.2, 0.25) is 0 Å². The van der Waals surface area contributed by atoms with Gasteiger partial charge >= 0.3 is 5.97 Å². The highest BCUT2D eigenvalue weighted by Crippen LogP contribution is 2.33. The molecule has 1 aromatic carbocycles. The van der Waals surface area contributed by atoms with Crippen molar-refractivity contribution in [1.29, 1.82) is 0 Å². The Morgan fingerprint density at radius 3 is 2.80 bits per heavy atom. The lowest BCUT2D eigenvalue weighted by molar-refractivity contribution is -0.0167. The molecule has 35 heavy (non-hydrogen) atoms. The van der Waals surface area contributed by atoms with E-state index in [2.05, 4.69) is 20.2 Å². The molecule has 0 aliphatic carbocycles. The second kappa shape index (κ2) is 10.9. The molecule has 3 aromatic rings. The van der Waals surface area contributed by atoms with Crippen LogP contribution in [0.3, 0.4) is 0 Å². The van der Waals surface area contributed by atoms with E-state index in [1.165, 1.54) is 11.3 Å². The molecule has 2 atom stereocenters. The minimum Gasteiger partial charge on any atom is -0.462 e. The number of imidazole rings is 1. The zero-order valence-electron chi connectivity index (χ0n) is 20.3. The summed E-state index contributed by atoms with van der Waals surface area (Å²) in [6.07, 6.45) is 1.06. The largest absolute Gasteiger partial charge is 0.462 e. The van der Waals surface area contributed by atoms with E-state index in [0.717, 1.165) is 21.0 Å². The summed E-state index contributed by atoms with van der Waals surface area (Å²) in [6, 6.07) is 5.28. The molecule has 1 fully saturated rings. The molecule has 0 radical (unpaired) electrons. The summed E-state index contributed by atoms with van der Waals surface area (Å²) >= 11 is 7.58. The molecule has 3 heterocycles. The van der Waals surface area contributed by atoms with E-state index >= 15 is 0 Å². The van der Waals surface area contributed by atoms with E-state index in [-0.39, 0.29) is 36.0 Å². The normalized spacial score (nSPS) is 18.3. The van der Waals surface area contributed by atoms with Crippen molar-refractivity contribution < 1.29 is 19.1 Å². The Balaban J connectivity index is 1.52. The number of carbonyl (C=O) groups is 2. The van der Waals surface area contributed by atoms with Gasteiger partial charge in [-0.05, 0) is 45.7 Å². The first-order valence-electron chi connectivity index (χ1n) is 11.8. The van der Waals surface area contributed by atoms with Gasteiger partial charge in [-0.15, -0.1) is 0 Å². The number of halogens is 1. The fourth-order valence-corrected chi connectivity index (χ4v) is 5.52. The molecule has 0 bridgehead atoms. The van der Waals surface area contributed by atoms with E-state index < -0.39 is 0 Å². The average molecular weight is 520 g/mol. The number of hydrogen-bond acceptors (Lipinski definition) is 8. The Kier molecular flexibility index (Phi) is 7.93. The highest BCUT2D eigenvalue weighted by atomic mass is 35.5. The van der Waals surface area contributed by atoms with Crippen molar-refractivity contribution in [2.24, 2.45) is 0 Å². The van der Waals surface area contributed by atoms with Crippen LogP contribution in [0.5, 0.6) is 0 Å². The number of piperidine rings is 1. The third kappa shape index (κ3) is 5.60. The standard InChI is InChI=1S/C24H30ClN5O4S/c1-5-15-20(25)29-21(26-15)22(31)27-16-10-11-30(12-18(16)34-13(3)4)24-28-17-9-7-8-14(19(17)35-24)23(32)33-6-2/h7-9,13,16,18H,5-6,10-12H2,1-4H3,(H,26,29)(H,27,31)/t16-,18+/m0/s1. The molecule has 1 aliphatic rings. The number of carbonyl (C=O) groups excluding carboxylic acids is 2. The maximum atomic E-state index is 12.9. The molecule has 1 saturated heterocycles. The number of thiazole rings is 1. The van der Waals surface area contributed by atoms with Crippen LogP contribution in [0.1, 0.15) is 60.8 Å². The summed E-state index contributed by atoms with van der Waals surface area (Å²) in [4.78, 5) is 39.3. The second-order valence-electron chi connectivity index (χ2n) is 8.62. The Morgan fingerprint density at radius 2 is 2.11 bits per heavy atom. The molecule has 0 spiro atoms. The minimum atomic E-state index is -0.347. The summed E-state index contributed by atoms with van der Waals surface area (Å²) in [5.41, 5.74) is 2.02. The van der Waals surface area contributed by atoms with Gasteiger partial charge in [-0.1, -0.05) is 35.9 Å². The van der Waals surface area contributed by atoms with Crippen molar-refractivity contribution in [3.8, 4) is 0 Å². The zero-order valence-corrected chi connectivity index (χ0v) is 21.8. The fraction of sp³-hybridized carbons (Fsp3) is 0.500. The van der Waals surface area contributed by atoms with Crippen LogP contribution >= 0.6 is 22.9 Å². The lowest BCUT2D eigenvalue weighted by Crippen LogP contribution is -2.56. The third-order valence-electron chi connectivity index (χ3n) is 5.79. The lowest BCUT2D eigenvalue weighted by Gasteiger charge is -2.39. The number of rotatable bonds is 8. The lowest BCUT2D eigenvalue weighted by atomic mass is 10.0. The number of ether oxygens (including phenoxy) is 2. The molecule has 0 saturated carbocycles. The third-order valence-corrected chi connectivity index (χ3v) is 7.27. The van der Waals surface area contributed by atoms with Crippen molar-refractivity contribution >= 4 is 50.2 Å². The van der Waals surface area contributed by atoms with Gasteiger partial charge in [-0.2, -0.15) is 0 Å². The summed E-state index contributed by atoms with van der Waals surface area (Å²) < 4.78 is 12.2. The number of H-pyrrole nitrogens is 1. The molecule has 1 amide bonds. The fourth-order valence-electron chi connectivity index (χ4n) is 4.15. The Hall–Kier alpha value is -2.69. The molecular formula is C24H30ClN5O4S. The smallest absolute Gasteiger partial charge is 0.339 e. The maximum Gasteiger partial charge on any atom is 0.339 e. The molecule has 11 heteroatoms. The van der Waals surface area contributed by atoms with E-state index in [1.807, 2.05) is 32.9 Å². The molecule has 2 N–H and O–H groups in total. The van der Waals surface area contributed by atoms with Gasteiger partial charge in [0.1, 0.15) is 0 Å². The number of aryl methyl sites for hydroxylation is 1. The van der Waals surface area contributed by atoms with Gasteiger partial charge in [-0.25, -0.2) is 14.8 Å². The molecule has 188 valence electrons. The molecule has 1 aliphatic heterocycles. The quantitative estimate of drug-likeness (QED) is 0.429. The van der Waals surface area contributed by atoms with Crippen LogP contribution < -0.4 is 10.2 Å². The number of fused-ring (bicyclic) bond motifs is 1. The predicted octanol–water partition coefficient (Wildman–Crippen LogP) is 4.21. The molecule has 9 nitrogen and oxygen atoms in total. The topological polar surface area (TPSA) is 109 Å². The van der Waals surface area contributed by atoms with Crippen LogP contribution in [0.15, 0.2) is 18.2 Å². The average Bonchev–Trinajstić information content (AvgIpc) is 3.43. The van der Waals surface area contributed by atoms with Gasteiger partial charge < -0.3 is 24.7 Å². The van der Waals surface area contributed by atoms with Crippen LogP contribution in [0.25, 0.3) is 10.2 Å². The maximum absolute atomic E-state index is 12.9. The first-order chi connectivity index (χ1) is 16.8.